The monoisotopic (exact) mass is 423 g/mol. The zero-order valence-corrected chi connectivity index (χ0v) is 17.9. The Morgan fingerprint density at radius 1 is 1.00 bits per heavy atom. The first-order chi connectivity index (χ1) is 15.3. The van der Waals surface area contributed by atoms with E-state index in [2.05, 4.69) is 19.8 Å². The van der Waals surface area contributed by atoms with Crippen molar-refractivity contribution in [1.29, 1.82) is 0 Å². The number of unbranched alkanes of at least 4 members (excludes halogenated alkanes) is 1. The number of carbonyl (C=O) groups excluding carboxylic acids is 1. The van der Waals surface area contributed by atoms with E-state index in [1.54, 1.807) is 30.7 Å². The maximum Gasteiger partial charge on any atom is 0.261 e. The van der Waals surface area contributed by atoms with Crippen molar-refractivity contribution >= 4 is 11.9 Å². The molecule has 0 atom stereocenters. The molecular weight excluding hydrogens is 394 g/mol. The zero-order chi connectivity index (χ0) is 21.5. The Morgan fingerprint density at radius 2 is 1.74 bits per heavy atom. The van der Waals surface area contributed by atoms with Crippen LogP contribution in [0.4, 0.5) is 5.95 Å². The summed E-state index contributed by atoms with van der Waals surface area (Å²) in [6.07, 6.45) is 7.15. The van der Waals surface area contributed by atoms with Gasteiger partial charge in [-0.2, -0.15) is 0 Å². The number of piperazine rings is 1. The lowest BCUT2D eigenvalue weighted by atomic mass is 10.1. The molecule has 0 unspecified atom stereocenters. The molecule has 164 valence electrons. The van der Waals surface area contributed by atoms with Gasteiger partial charge in [-0.15, -0.1) is 0 Å². The van der Waals surface area contributed by atoms with Crippen LogP contribution in [-0.4, -0.2) is 78.7 Å². The van der Waals surface area contributed by atoms with Gasteiger partial charge in [0.05, 0.1) is 17.9 Å². The van der Waals surface area contributed by atoms with Crippen LogP contribution < -0.4 is 9.64 Å². The van der Waals surface area contributed by atoms with Crippen LogP contribution in [0.25, 0.3) is 0 Å². The summed E-state index contributed by atoms with van der Waals surface area (Å²) < 4.78 is 11.0. The summed E-state index contributed by atoms with van der Waals surface area (Å²) in [5.41, 5.74) is 1.34. The minimum absolute atomic E-state index is 0.0344. The van der Waals surface area contributed by atoms with Gasteiger partial charge in [0, 0.05) is 52.2 Å². The van der Waals surface area contributed by atoms with Crippen LogP contribution in [0.15, 0.2) is 54.7 Å². The lowest BCUT2D eigenvalue weighted by Gasteiger charge is -2.34. The summed E-state index contributed by atoms with van der Waals surface area (Å²) in [7, 11) is 1.63. The quantitative estimate of drug-likeness (QED) is 0.604. The number of aromatic nitrogens is 2. The maximum absolute atomic E-state index is 13.1. The first-order valence-corrected chi connectivity index (χ1v) is 10.8. The number of amides is 1. The van der Waals surface area contributed by atoms with Gasteiger partial charge in [-0.1, -0.05) is 12.1 Å². The van der Waals surface area contributed by atoms with E-state index in [0.29, 0.717) is 24.5 Å². The number of fused-ring (bicyclic) bond motifs is 1. The molecule has 1 saturated heterocycles. The van der Waals surface area contributed by atoms with Gasteiger partial charge >= 0.3 is 0 Å². The summed E-state index contributed by atoms with van der Waals surface area (Å²) in [6, 6.07) is 9.20. The fourth-order valence-electron chi connectivity index (χ4n) is 3.95. The predicted octanol–water partition coefficient (Wildman–Crippen LogP) is 2.40. The molecule has 31 heavy (non-hydrogen) atoms. The molecule has 0 bridgehead atoms. The highest BCUT2D eigenvalue weighted by Crippen LogP contribution is 2.26. The van der Waals surface area contributed by atoms with Crippen molar-refractivity contribution in [3.05, 3.63) is 60.2 Å². The third-order valence-corrected chi connectivity index (χ3v) is 5.64. The summed E-state index contributed by atoms with van der Waals surface area (Å²) >= 11 is 0. The normalized spacial score (nSPS) is 17.1. The number of carbonyl (C=O) groups is 1. The van der Waals surface area contributed by atoms with E-state index in [9.17, 15) is 4.79 Å². The van der Waals surface area contributed by atoms with Crippen molar-refractivity contribution < 1.29 is 14.3 Å². The smallest absolute Gasteiger partial charge is 0.261 e. The number of para-hydroxylation sites is 1. The number of methoxy groups -OCH3 is 1. The second-order valence-corrected chi connectivity index (χ2v) is 7.70. The Kier molecular flexibility index (Phi) is 7.11. The molecule has 0 aliphatic carbocycles. The van der Waals surface area contributed by atoms with Crippen LogP contribution in [0, 0.1) is 0 Å². The van der Waals surface area contributed by atoms with Gasteiger partial charge in [0.2, 0.25) is 5.95 Å². The molecule has 8 nitrogen and oxygen atoms in total. The van der Waals surface area contributed by atoms with Gasteiger partial charge in [0.1, 0.15) is 12.0 Å². The third kappa shape index (κ3) is 5.21. The third-order valence-electron chi connectivity index (χ3n) is 5.64. The van der Waals surface area contributed by atoms with Crippen LogP contribution in [-0.2, 0) is 4.74 Å². The number of ether oxygens (including phenoxy) is 2. The van der Waals surface area contributed by atoms with Gasteiger partial charge in [-0.05, 0) is 37.6 Å². The molecule has 0 spiro atoms. The Bertz CT molecular complexity index is 897. The van der Waals surface area contributed by atoms with E-state index in [1.165, 1.54) is 0 Å². The Hall–Kier alpha value is -2.97. The lowest BCUT2D eigenvalue weighted by molar-refractivity contribution is 0.0771. The maximum atomic E-state index is 13.1. The van der Waals surface area contributed by atoms with Crippen molar-refractivity contribution in [1.82, 2.24) is 19.8 Å². The van der Waals surface area contributed by atoms with Crippen LogP contribution in [0.3, 0.4) is 0 Å². The summed E-state index contributed by atoms with van der Waals surface area (Å²) in [6.45, 7) is 5.86. The van der Waals surface area contributed by atoms with E-state index >= 15 is 0 Å². The Balaban J connectivity index is 1.27. The molecule has 1 aromatic heterocycles. The number of anilines is 1. The number of hydrogen-bond donors (Lipinski definition) is 0. The average molecular weight is 424 g/mol. The predicted molar refractivity (Wildman–Crippen MR) is 118 cm³/mol. The standard InChI is InChI=1S/C23H29N5O3/c1-30-17-19-18-31-21-8-3-2-7-20(21)22(29)28(19)12-5-4-11-26-13-15-27(16-14-26)23-24-9-6-10-25-23/h2-3,6-10,18H,4-5,11-17H2,1H3. The van der Waals surface area contributed by atoms with Gasteiger partial charge in [-0.3, -0.25) is 9.69 Å². The molecule has 8 heteroatoms. The molecule has 2 aliphatic rings. The Labute approximate surface area is 183 Å². The minimum atomic E-state index is -0.0344. The SMILES string of the molecule is COCC1=COc2ccccc2C(=O)N1CCCCN1CCN(c2ncccn2)CC1. The van der Waals surface area contributed by atoms with E-state index < -0.39 is 0 Å². The van der Waals surface area contributed by atoms with Gasteiger partial charge in [0.25, 0.3) is 5.91 Å². The van der Waals surface area contributed by atoms with Crippen LogP contribution >= 0.6 is 0 Å². The van der Waals surface area contributed by atoms with Gasteiger partial charge in [0.15, 0.2) is 0 Å². The van der Waals surface area contributed by atoms with E-state index in [4.69, 9.17) is 9.47 Å². The summed E-state index contributed by atoms with van der Waals surface area (Å²) in [5, 5.41) is 0. The second kappa shape index (κ2) is 10.4. The highest BCUT2D eigenvalue weighted by Gasteiger charge is 2.26. The molecule has 0 N–H and O–H groups in total. The van der Waals surface area contributed by atoms with Crippen molar-refractivity contribution in [2.75, 3.05) is 57.9 Å². The van der Waals surface area contributed by atoms with Crippen molar-refractivity contribution in [2.24, 2.45) is 0 Å². The summed E-state index contributed by atoms with van der Waals surface area (Å²) in [5.74, 6) is 1.36. The molecule has 1 aromatic carbocycles. The fourth-order valence-corrected chi connectivity index (χ4v) is 3.95. The molecule has 2 aromatic rings. The fraction of sp³-hybridized carbons (Fsp3) is 0.435. The van der Waals surface area contributed by atoms with E-state index in [0.717, 1.165) is 57.2 Å². The highest BCUT2D eigenvalue weighted by atomic mass is 16.5. The number of hydrogen-bond acceptors (Lipinski definition) is 7. The number of benzene rings is 1. The molecular formula is C23H29N5O3. The second-order valence-electron chi connectivity index (χ2n) is 7.70. The molecule has 1 fully saturated rings. The Morgan fingerprint density at radius 3 is 2.52 bits per heavy atom. The van der Waals surface area contributed by atoms with Crippen molar-refractivity contribution in [3.63, 3.8) is 0 Å². The van der Waals surface area contributed by atoms with Crippen LogP contribution in [0.5, 0.6) is 5.75 Å². The average Bonchev–Trinajstić information content (AvgIpc) is 2.95. The van der Waals surface area contributed by atoms with Crippen LogP contribution in [0.2, 0.25) is 0 Å². The van der Waals surface area contributed by atoms with E-state index in [-0.39, 0.29) is 5.91 Å². The van der Waals surface area contributed by atoms with Gasteiger partial charge < -0.3 is 19.3 Å². The molecule has 4 rings (SSSR count). The first-order valence-electron chi connectivity index (χ1n) is 10.8. The lowest BCUT2D eigenvalue weighted by Crippen LogP contribution is -2.47. The number of nitrogens with zero attached hydrogens (tertiary/aromatic N) is 5. The highest BCUT2D eigenvalue weighted by molar-refractivity contribution is 5.98. The summed E-state index contributed by atoms with van der Waals surface area (Å²) in [4.78, 5) is 28.3. The van der Waals surface area contributed by atoms with E-state index in [1.807, 2.05) is 30.3 Å². The van der Waals surface area contributed by atoms with Crippen LogP contribution in [0.1, 0.15) is 23.2 Å². The van der Waals surface area contributed by atoms with Crippen molar-refractivity contribution in [3.8, 4) is 5.75 Å². The first kappa shape index (κ1) is 21.3. The number of rotatable bonds is 8. The van der Waals surface area contributed by atoms with Crippen molar-refractivity contribution in [2.45, 2.75) is 12.8 Å². The zero-order valence-electron chi connectivity index (χ0n) is 17.9. The largest absolute Gasteiger partial charge is 0.462 e. The molecule has 1 amide bonds. The topological polar surface area (TPSA) is 71.0 Å². The molecule has 0 radical (unpaired) electrons. The molecule has 2 aliphatic heterocycles. The van der Waals surface area contributed by atoms with Gasteiger partial charge in [-0.25, -0.2) is 9.97 Å². The molecule has 0 saturated carbocycles. The molecule has 3 heterocycles. The minimum Gasteiger partial charge on any atom is -0.462 e.